The summed E-state index contributed by atoms with van der Waals surface area (Å²) in [5, 5.41) is 3.93. The molecule has 3 aromatic rings. The Kier molecular flexibility index (Phi) is 3.57. The van der Waals surface area contributed by atoms with Crippen LogP contribution in [-0.4, -0.2) is 6.61 Å². The third kappa shape index (κ3) is 2.45. The lowest BCUT2D eigenvalue weighted by Crippen LogP contribution is -2.28. The average Bonchev–Trinajstić information content (AvgIpc) is 3.09. The zero-order chi connectivity index (χ0) is 16.6. The molecule has 0 radical (unpaired) electrons. The molecule has 2 nitrogen and oxygen atoms in total. The van der Waals surface area contributed by atoms with Gasteiger partial charge in [0.05, 0.1) is 6.61 Å². The molecule has 4 atom stereocenters. The molecule has 124 valence electrons. The van der Waals surface area contributed by atoms with Gasteiger partial charge in [-0.15, -0.1) is 0 Å². The van der Waals surface area contributed by atoms with E-state index < -0.39 is 0 Å². The Morgan fingerprint density at radius 3 is 2.08 bits per heavy atom. The van der Waals surface area contributed by atoms with E-state index in [-0.39, 0.29) is 0 Å². The van der Waals surface area contributed by atoms with E-state index in [9.17, 15) is 0 Å². The normalized spacial score (nSPS) is 27.2. The monoisotopic (exact) mass is 327 g/mol. The van der Waals surface area contributed by atoms with Crippen LogP contribution < -0.4 is 10.1 Å². The summed E-state index contributed by atoms with van der Waals surface area (Å²) in [6.07, 6.45) is 0. The zero-order valence-corrected chi connectivity index (χ0v) is 14.0. The Morgan fingerprint density at radius 1 is 0.680 bits per heavy atom. The van der Waals surface area contributed by atoms with Crippen molar-refractivity contribution in [2.45, 2.75) is 18.0 Å². The summed E-state index contributed by atoms with van der Waals surface area (Å²) in [7, 11) is 0. The van der Waals surface area contributed by atoms with E-state index in [4.69, 9.17) is 4.74 Å². The van der Waals surface area contributed by atoms with Crippen LogP contribution in [0.15, 0.2) is 84.9 Å². The molecule has 2 aliphatic rings. The fourth-order valence-electron chi connectivity index (χ4n) is 4.53. The molecule has 3 aromatic carbocycles. The summed E-state index contributed by atoms with van der Waals surface area (Å²) in [5.74, 6) is 1.86. The summed E-state index contributed by atoms with van der Waals surface area (Å²) in [4.78, 5) is 0. The van der Waals surface area contributed by atoms with E-state index in [0.29, 0.717) is 23.9 Å². The maximum absolute atomic E-state index is 6.13. The lowest BCUT2D eigenvalue weighted by atomic mass is 9.78. The number of rotatable bonds is 2. The second-order valence-electron chi connectivity index (χ2n) is 6.98. The third-order valence-corrected chi connectivity index (χ3v) is 5.64. The van der Waals surface area contributed by atoms with Crippen LogP contribution in [0.1, 0.15) is 34.7 Å². The number of fused-ring (bicyclic) bond motifs is 3. The summed E-state index contributed by atoms with van der Waals surface area (Å²) in [6, 6.07) is 30.8. The fourth-order valence-corrected chi connectivity index (χ4v) is 4.53. The minimum Gasteiger partial charge on any atom is -0.493 e. The van der Waals surface area contributed by atoms with Gasteiger partial charge in [-0.2, -0.15) is 0 Å². The molecular formula is C23H21NO. The van der Waals surface area contributed by atoms with Gasteiger partial charge in [0.25, 0.3) is 0 Å². The second kappa shape index (κ2) is 6.05. The average molecular weight is 327 g/mol. The minimum atomic E-state index is 0.299. The molecule has 2 heterocycles. The van der Waals surface area contributed by atoms with Crippen LogP contribution in [0, 0.1) is 5.92 Å². The van der Waals surface area contributed by atoms with Crippen LogP contribution in [-0.2, 0) is 0 Å². The molecule has 1 saturated heterocycles. The predicted molar refractivity (Wildman–Crippen MR) is 99.7 cm³/mol. The van der Waals surface area contributed by atoms with Gasteiger partial charge < -0.3 is 10.1 Å². The lowest BCUT2D eigenvalue weighted by molar-refractivity contribution is 0.193. The largest absolute Gasteiger partial charge is 0.493 e. The Morgan fingerprint density at radius 2 is 1.32 bits per heavy atom. The summed E-state index contributed by atoms with van der Waals surface area (Å²) >= 11 is 0. The number of ether oxygens (including phenoxy) is 1. The zero-order valence-electron chi connectivity index (χ0n) is 14.0. The van der Waals surface area contributed by atoms with Crippen molar-refractivity contribution < 1.29 is 4.74 Å². The van der Waals surface area contributed by atoms with Gasteiger partial charge >= 0.3 is 0 Å². The smallest absolute Gasteiger partial charge is 0.124 e. The van der Waals surface area contributed by atoms with Crippen molar-refractivity contribution in [3.8, 4) is 5.75 Å². The molecule has 0 bridgehead atoms. The number of para-hydroxylation sites is 1. The molecule has 1 N–H and O–H groups in total. The molecule has 5 rings (SSSR count). The van der Waals surface area contributed by atoms with Crippen LogP contribution in [0.3, 0.4) is 0 Å². The molecule has 2 aliphatic heterocycles. The molecule has 25 heavy (non-hydrogen) atoms. The predicted octanol–water partition coefficient (Wildman–Crippen LogP) is 4.86. The van der Waals surface area contributed by atoms with Gasteiger partial charge in [0.2, 0.25) is 0 Å². The first-order valence-corrected chi connectivity index (χ1v) is 8.99. The van der Waals surface area contributed by atoms with Gasteiger partial charge in [-0.05, 0) is 17.2 Å². The molecular weight excluding hydrogens is 306 g/mol. The molecule has 0 aliphatic carbocycles. The van der Waals surface area contributed by atoms with Crippen molar-refractivity contribution in [2.24, 2.45) is 5.92 Å². The van der Waals surface area contributed by atoms with Crippen molar-refractivity contribution in [2.75, 3.05) is 6.61 Å². The Balaban J connectivity index is 1.62. The highest BCUT2D eigenvalue weighted by Gasteiger charge is 2.47. The summed E-state index contributed by atoms with van der Waals surface area (Å²) in [5.41, 5.74) is 4.03. The maximum atomic E-state index is 6.13. The van der Waals surface area contributed by atoms with Crippen LogP contribution in [0.2, 0.25) is 0 Å². The van der Waals surface area contributed by atoms with E-state index in [0.717, 1.165) is 12.4 Å². The number of hydrogen-bond acceptors (Lipinski definition) is 2. The first-order chi connectivity index (χ1) is 12.4. The van der Waals surface area contributed by atoms with E-state index >= 15 is 0 Å². The molecule has 1 fully saturated rings. The molecule has 0 amide bonds. The summed E-state index contributed by atoms with van der Waals surface area (Å²) < 4.78 is 6.13. The van der Waals surface area contributed by atoms with E-state index in [1.54, 1.807) is 0 Å². The van der Waals surface area contributed by atoms with Crippen LogP contribution in [0.25, 0.3) is 0 Å². The van der Waals surface area contributed by atoms with Gasteiger partial charge in [0, 0.05) is 29.5 Å². The molecule has 0 unspecified atom stereocenters. The number of nitrogens with one attached hydrogen (secondary N) is 1. The molecule has 0 spiro atoms. The lowest BCUT2D eigenvalue weighted by Gasteiger charge is -2.31. The van der Waals surface area contributed by atoms with Crippen molar-refractivity contribution in [1.29, 1.82) is 0 Å². The standard InChI is InChI=1S/C23H21NO/c1-3-9-16(10-4-1)21-19-15-25-20-14-8-7-13-18(20)23(19)24-22(21)17-11-5-2-6-12-17/h1-14,19,21-24H,15H2/t19-,21+,22-,23+/m0/s1. The summed E-state index contributed by atoms with van der Waals surface area (Å²) in [6.45, 7) is 0.761. The van der Waals surface area contributed by atoms with E-state index in [1.807, 2.05) is 0 Å². The van der Waals surface area contributed by atoms with E-state index in [1.165, 1.54) is 16.7 Å². The van der Waals surface area contributed by atoms with Gasteiger partial charge in [-0.25, -0.2) is 0 Å². The van der Waals surface area contributed by atoms with Crippen molar-refractivity contribution in [3.63, 3.8) is 0 Å². The first kappa shape index (κ1) is 14.7. The van der Waals surface area contributed by atoms with Gasteiger partial charge in [0.15, 0.2) is 0 Å². The number of hydrogen-bond donors (Lipinski definition) is 1. The Labute approximate surface area is 148 Å². The Bertz CT molecular complexity index is 862. The highest BCUT2D eigenvalue weighted by Crippen LogP contribution is 2.52. The number of benzene rings is 3. The van der Waals surface area contributed by atoms with Crippen LogP contribution >= 0.6 is 0 Å². The topological polar surface area (TPSA) is 21.3 Å². The highest BCUT2D eigenvalue weighted by atomic mass is 16.5. The molecule has 0 saturated carbocycles. The third-order valence-electron chi connectivity index (χ3n) is 5.64. The van der Waals surface area contributed by atoms with Crippen molar-refractivity contribution in [3.05, 3.63) is 102 Å². The SMILES string of the molecule is c1ccc([C@@H]2[C@@H]3COc4ccccc4[C@H]3N[C@H]2c2ccccc2)cc1. The maximum Gasteiger partial charge on any atom is 0.124 e. The van der Waals surface area contributed by atoms with Gasteiger partial charge in [-0.1, -0.05) is 78.9 Å². The fraction of sp³-hybridized carbons (Fsp3) is 0.217. The minimum absolute atomic E-state index is 0.299. The second-order valence-corrected chi connectivity index (χ2v) is 6.98. The molecule has 2 heteroatoms. The van der Waals surface area contributed by atoms with E-state index in [2.05, 4.69) is 90.2 Å². The quantitative estimate of drug-likeness (QED) is 0.725. The van der Waals surface area contributed by atoms with Crippen molar-refractivity contribution in [1.82, 2.24) is 5.32 Å². The first-order valence-electron chi connectivity index (χ1n) is 8.99. The van der Waals surface area contributed by atoms with Crippen LogP contribution in [0.5, 0.6) is 5.75 Å². The van der Waals surface area contributed by atoms with Gasteiger partial charge in [0.1, 0.15) is 5.75 Å². The molecule has 0 aromatic heterocycles. The van der Waals surface area contributed by atoms with Crippen molar-refractivity contribution >= 4 is 0 Å². The van der Waals surface area contributed by atoms with Crippen LogP contribution in [0.4, 0.5) is 0 Å². The van der Waals surface area contributed by atoms with Gasteiger partial charge in [-0.3, -0.25) is 0 Å². The Hall–Kier alpha value is -2.58. The highest BCUT2D eigenvalue weighted by molar-refractivity contribution is 5.42.